The zero-order chi connectivity index (χ0) is 23.8. The lowest BCUT2D eigenvalue weighted by Gasteiger charge is -2.14. The summed E-state index contributed by atoms with van der Waals surface area (Å²) in [7, 11) is 0. The SMILES string of the molecule is NC(=O)C(C(N)=NC1CCN(C(=O)/C=C/CO)C1)=C(N)c1ccc(Oc2ccccc2)cc1. The van der Waals surface area contributed by atoms with Crippen LogP contribution in [0.3, 0.4) is 0 Å². The molecule has 1 fully saturated rings. The van der Waals surface area contributed by atoms with Crippen LogP contribution in [0.1, 0.15) is 12.0 Å². The van der Waals surface area contributed by atoms with Crippen molar-refractivity contribution in [2.24, 2.45) is 22.2 Å². The second kappa shape index (κ2) is 11.0. The molecule has 1 atom stereocenters. The number of amidine groups is 1. The fraction of sp³-hybridized carbons (Fsp3) is 0.208. The standard InChI is InChI=1S/C24H27N5O4/c25-22(16-8-10-19(11-9-16)33-18-5-2-1-3-6-18)21(24(27)32)23(26)28-17-12-13-29(15-17)20(31)7-4-14-30/h1-11,17,30H,12-15,25H2,(H2,26,28)(H2,27,32)/b7-4+,22-21?. The quantitative estimate of drug-likeness (QED) is 0.269. The van der Waals surface area contributed by atoms with Gasteiger partial charge >= 0.3 is 0 Å². The van der Waals surface area contributed by atoms with E-state index in [-0.39, 0.29) is 35.7 Å². The van der Waals surface area contributed by atoms with Gasteiger partial charge in [-0.1, -0.05) is 24.3 Å². The maximum absolute atomic E-state index is 12.1. The summed E-state index contributed by atoms with van der Waals surface area (Å²) in [5.41, 5.74) is 18.5. The molecule has 0 radical (unpaired) electrons. The van der Waals surface area contributed by atoms with Crippen molar-refractivity contribution in [3.8, 4) is 11.5 Å². The van der Waals surface area contributed by atoms with Crippen molar-refractivity contribution < 1.29 is 19.4 Å². The van der Waals surface area contributed by atoms with Gasteiger partial charge in [0.25, 0.3) is 5.91 Å². The number of ether oxygens (including phenoxy) is 1. The number of para-hydroxylation sites is 1. The summed E-state index contributed by atoms with van der Waals surface area (Å²) < 4.78 is 5.76. The van der Waals surface area contributed by atoms with E-state index in [1.807, 2.05) is 30.3 Å². The van der Waals surface area contributed by atoms with E-state index in [9.17, 15) is 9.59 Å². The molecule has 3 rings (SSSR count). The zero-order valence-electron chi connectivity index (χ0n) is 18.1. The number of rotatable bonds is 8. The fourth-order valence-corrected chi connectivity index (χ4v) is 3.44. The molecule has 1 unspecified atom stereocenters. The number of likely N-dealkylation sites (tertiary alicyclic amines) is 1. The Hall–Kier alpha value is -4.11. The van der Waals surface area contributed by atoms with Gasteiger partial charge in [0, 0.05) is 19.2 Å². The highest BCUT2D eigenvalue weighted by molar-refractivity contribution is 6.24. The highest BCUT2D eigenvalue weighted by Gasteiger charge is 2.26. The molecule has 2 aromatic carbocycles. The van der Waals surface area contributed by atoms with Gasteiger partial charge in [-0.05, 0) is 48.4 Å². The number of aliphatic hydroxyl groups is 1. The molecule has 0 saturated carbocycles. The number of benzene rings is 2. The predicted molar refractivity (Wildman–Crippen MR) is 126 cm³/mol. The zero-order valence-corrected chi connectivity index (χ0v) is 18.1. The molecule has 9 heteroatoms. The van der Waals surface area contributed by atoms with Crippen LogP contribution in [0.5, 0.6) is 11.5 Å². The van der Waals surface area contributed by atoms with Crippen LogP contribution in [0, 0.1) is 0 Å². The Morgan fingerprint density at radius 3 is 2.36 bits per heavy atom. The van der Waals surface area contributed by atoms with E-state index in [0.29, 0.717) is 36.6 Å². The molecule has 172 valence electrons. The van der Waals surface area contributed by atoms with Gasteiger partial charge in [-0.2, -0.15) is 0 Å². The Kier molecular flexibility index (Phi) is 7.82. The molecule has 1 heterocycles. The van der Waals surface area contributed by atoms with Gasteiger partial charge in [-0.15, -0.1) is 0 Å². The van der Waals surface area contributed by atoms with Crippen LogP contribution in [0.25, 0.3) is 5.70 Å². The maximum Gasteiger partial charge on any atom is 0.254 e. The van der Waals surface area contributed by atoms with E-state index in [4.69, 9.17) is 27.0 Å². The number of primary amides is 1. The van der Waals surface area contributed by atoms with Gasteiger partial charge in [-0.3, -0.25) is 14.6 Å². The number of hydrogen-bond acceptors (Lipinski definition) is 6. The Morgan fingerprint density at radius 1 is 1.06 bits per heavy atom. The lowest BCUT2D eigenvalue weighted by atomic mass is 10.0. The van der Waals surface area contributed by atoms with Gasteiger partial charge in [0.05, 0.1) is 18.3 Å². The molecule has 1 aliphatic heterocycles. The average molecular weight is 450 g/mol. The molecule has 0 aromatic heterocycles. The largest absolute Gasteiger partial charge is 0.457 e. The number of nitrogens with two attached hydrogens (primary N) is 3. The molecule has 0 bridgehead atoms. The molecular weight excluding hydrogens is 422 g/mol. The highest BCUT2D eigenvalue weighted by Crippen LogP contribution is 2.24. The molecule has 2 amide bonds. The number of carbonyl (C=O) groups is 2. The van der Waals surface area contributed by atoms with Crippen LogP contribution in [-0.2, 0) is 9.59 Å². The van der Waals surface area contributed by atoms with Gasteiger partial charge in [0.2, 0.25) is 5.91 Å². The normalized spacial score (nSPS) is 17.2. The lowest BCUT2D eigenvalue weighted by molar-refractivity contribution is -0.125. The van der Waals surface area contributed by atoms with E-state index in [0.717, 1.165) is 0 Å². The average Bonchev–Trinajstić information content (AvgIpc) is 3.27. The number of amides is 2. The summed E-state index contributed by atoms with van der Waals surface area (Å²) in [5, 5.41) is 8.81. The minimum atomic E-state index is -0.796. The summed E-state index contributed by atoms with van der Waals surface area (Å²) in [4.78, 5) is 30.2. The van der Waals surface area contributed by atoms with Crippen molar-refractivity contribution in [1.82, 2.24) is 4.90 Å². The summed E-state index contributed by atoms with van der Waals surface area (Å²) in [5.74, 6) is 0.207. The van der Waals surface area contributed by atoms with Crippen LogP contribution in [0.4, 0.5) is 0 Å². The van der Waals surface area contributed by atoms with Crippen LogP contribution < -0.4 is 21.9 Å². The molecule has 7 N–H and O–H groups in total. The molecule has 1 saturated heterocycles. The minimum Gasteiger partial charge on any atom is -0.457 e. The van der Waals surface area contributed by atoms with Crippen LogP contribution in [-0.4, -0.2) is 53.4 Å². The third kappa shape index (κ3) is 6.20. The van der Waals surface area contributed by atoms with Crippen LogP contribution in [0.2, 0.25) is 0 Å². The third-order valence-electron chi connectivity index (χ3n) is 5.08. The Balaban J connectivity index is 1.76. The third-order valence-corrected chi connectivity index (χ3v) is 5.08. The van der Waals surface area contributed by atoms with Gasteiger partial charge in [-0.25, -0.2) is 0 Å². The summed E-state index contributed by atoms with van der Waals surface area (Å²) in [6.07, 6.45) is 3.27. The number of hydrogen-bond donors (Lipinski definition) is 4. The Labute approximate surface area is 191 Å². The number of nitrogens with zero attached hydrogens (tertiary/aromatic N) is 2. The van der Waals surface area contributed by atoms with Crippen molar-refractivity contribution in [1.29, 1.82) is 0 Å². The van der Waals surface area contributed by atoms with Crippen molar-refractivity contribution in [3.05, 3.63) is 77.9 Å². The lowest BCUT2D eigenvalue weighted by Crippen LogP contribution is -2.32. The van der Waals surface area contributed by atoms with Crippen molar-refractivity contribution >= 4 is 23.3 Å². The molecule has 2 aromatic rings. The number of aliphatic imine (C=N–C) groups is 1. The van der Waals surface area contributed by atoms with E-state index >= 15 is 0 Å². The fourth-order valence-electron chi connectivity index (χ4n) is 3.44. The second-order valence-corrected chi connectivity index (χ2v) is 7.42. The van der Waals surface area contributed by atoms with Crippen molar-refractivity contribution in [3.63, 3.8) is 0 Å². The molecule has 0 spiro atoms. The Morgan fingerprint density at radius 2 is 1.73 bits per heavy atom. The molecular formula is C24H27N5O4. The van der Waals surface area contributed by atoms with Crippen molar-refractivity contribution in [2.45, 2.75) is 12.5 Å². The van der Waals surface area contributed by atoms with Crippen molar-refractivity contribution in [2.75, 3.05) is 19.7 Å². The summed E-state index contributed by atoms with van der Waals surface area (Å²) in [6, 6.07) is 15.9. The van der Waals surface area contributed by atoms with Gasteiger partial charge in [0.1, 0.15) is 22.9 Å². The molecule has 33 heavy (non-hydrogen) atoms. The van der Waals surface area contributed by atoms with E-state index < -0.39 is 5.91 Å². The highest BCUT2D eigenvalue weighted by atomic mass is 16.5. The summed E-state index contributed by atoms with van der Waals surface area (Å²) in [6.45, 7) is 0.621. The second-order valence-electron chi connectivity index (χ2n) is 7.42. The van der Waals surface area contributed by atoms with Gasteiger partial charge < -0.3 is 31.9 Å². The van der Waals surface area contributed by atoms with E-state index in [1.165, 1.54) is 12.2 Å². The number of aliphatic hydroxyl groups excluding tert-OH is 1. The minimum absolute atomic E-state index is 0.0725. The monoisotopic (exact) mass is 449 g/mol. The Bertz CT molecular complexity index is 1080. The molecule has 0 aliphatic carbocycles. The molecule has 9 nitrogen and oxygen atoms in total. The maximum atomic E-state index is 12.1. The summed E-state index contributed by atoms with van der Waals surface area (Å²) >= 11 is 0. The van der Waals surface area contributed by atoms with Crippen LogP contribution >= 0.6 is 0 Å². The van der Waals surface area contributed by atoms with E-state index in [2.05, 4.69) is 4.99 Å². The topological polar surface area (TPSA) is 157 Å². The first-order chi connectivity index (χ1) is 15.9. The van der Waals surface area contributed by atoms with Gasteiger partial charge in [0.15, 0.2) is 0 Å². The predicted octanol–water partition coefficient (Wildman–Crippen LogP) is 1.14. The first kappa shape index (κ1) is 23.6. The smallest absolute Gasteiger partial charge is 0.254 e. The first-order valence-electron chi connectivity index (χ1n) is 10.4. The first-order valence-corrected chi connectivity index (χ1v) is 10.4. The van der Waals surface area contributed by atoms with Crippen LogP contribution in [0.15, 0.2) is 77.3 Å². The molecule has 1 aliphatic rings. The van der Waals surface area contributed by atoms with E-state index in [1.54, 1.807) is 29.2 Å². The number of carbonyl (C=O) groups excluding carboxylic acids is 2.